The number of hydrogen-bond acceptors (Lipinski definition) is 2. The van der Waals surface area contributed by atoms with Gasteiger partial charge in [-0.3, -0.25) is 4.79 Å². The van der Waals surface area contributed by atoms with Gasteiger partial charge in [-0.25, -0.2) is 0 Å². The number of aliphatic imine (C=N–C) groups is 1. The van der Waals surface area contributed by atoms with Crippen LogP contribution in [0.3, 0.4) is 0 Å². The molecule has 1 unspecified atom stereocenters. The van der Waals surface area contributed by atoms with Crippen molar-refractivity contribution < 1.29 is 9.90 Å². The number of guanidine groups is 1. The molecule has 1 amide bonds. The summed E-state index contributed by atoms with van der Waals surface area (Å²) in [7, 11) is 0. The summed E-state index contributed by atoms with van der Waals surface area (Å²) in [4.78, 5) is 15.3. The summed E-state index contributed by atoms with van der Waals surface area (Å²) in [5, 5.41) is 10.9. The van der Waals surface area contributed by atoms with E-state index in [1.807, 2.05) is 12.1 Å². The van der Waals surface area contributed by atoms with Crippen molar-refractivity contribution in [1.29, 1.82) is 0 Å². The minimum Gasteiger partial charge on any atom is -0.384 e. The summed E-state index contributed by atoms with van der Waals surface area (Å²) in [6.45, 7) is 0. The third kappa shape index (κ3) is 2.54. The van der Waals surface area contributed by atoms with E-state index < -0.39 is 12.0 Å². The van der Waals surface area contributed by atoms with E-state index in [2.05, 4.69) is 4.99 Å². The van der Waals surface area contributed by atoms with Crippen LogP contribution in [0, 0.1) is 0 Å². The minimum absolute atomic E-state index is 0. The van der Waals surface area contributed by atoms with Crippen molar-refractivity contribution in [1.82, 2.24) is 0 Å². The second-order valence-corrected chi connectivity index (χ2v) is 5.15. The number of aliphatic hydroxyl groups excluding tert-OH is 1. The fourth-order valence-electron chi connectivity index (χ4n) is 2.55. The maximum Gasteiger partial charge on any atom is 0.280 e. The van der Waals surface area contributed by atoms with Gasteiger partial charge < -0.3 is 16.6 Å². The number of rotatable bonds is 1. The maximum absolute atomic E-state index is 11.8. The zero-order chi connectivity index (χ0) is 15.1. The van der Waals surface area contributed by atoms with Gasteiger partial charge in [0.15, 0.2) is 5.96 Å². The first-order valence-corrected chi connectivity index (χ1v) is 6.61. The Morgan fingerprint density at radius 1 is 1.18 bits per heavy atom. The first kappa shape index (κ1) is 16.3. The lowest BCUT2D eigenvalue weighted by molar-refractivity contribution is 0.100. The average molecular weight is 338 g/mol. The number of halogens is 2. The first-order chi connectivity index (χ1) is 9.99. The second-order valence-electron chi connectivity index (χ2n) is 4.75. The first-order valence-electron chi connectivity index (χ1n) is 6.24. The van der Waals surface area contributed by atoms with E-state index in [1.165, 1.54) is 0 Å². The Bertz CT molecular complexity index is 786. The lowest BCUT2D eigenvalue weighted by Crippen LogP contribution is -2.24. The Balaban J connectivity index is 0.00000176. The maximum atomic E-state index is 11.8. The Morgan fingerprint density at radius 2 is 1.91 bits per heavy atom. The zero-order valence-electron chi connectivity index (χ0n) is 11.3. The molecule has 3 rings (SSSR count). The van der Waals surface area contributed by atoms with Crippen LogP contribution < -0.4 is 11.5 Å². The lowest BCUT2D eigenvalue weighted by Gasteiger charge is -2.07. The quantitative estimate of drug-likeness (QED) is 0.548. The Morgan fingerprint density at radius 3 is 2.59 bits per heavy atom. The standard InChI is InChI=1S/C15H12ClN3O2.ClH/c16-11-3-1-2-9-8-5-4-7(14(21)19-15(17)18)6-10(8)13(20)12(9)11;/h1-6,13,20H,(H4,17,18,19,21);1H. The predicted molar refractivity (Wildman–Crippen MR) is 88.3 cm³/mol. The van der Waals surface area contributed by atoms with E-state index in [0.29, 0.717) is 21.7 Å². The van der Waals surface area contributed by atoms with Crippen LogP contribution in [0.15, 0.2) is 41.4 Å². The molecular weight excluding hydrogens is 325 g/mol. The lowest BCUT2D eigenvalue weighted by atomic mass is 10.0. The summed E-state index contributed by atoms with van der Waals surface area (Å²) < 4.78 is 0. The number of aliphatic hydroxyl groups is 1. The monoisotopic (exact) mass is 337 g/mol. The van der Waals surface area contributed by atoms with Crippen molar-refractivity contribution in [2.45, 2.75) is 6.10 Å². The molecule has 2 aromatic carbocycles. The second kappa shape index (κ2) is 5.96. The van der Waals surface area contributed by atoms with E-state index in [0.717, 1.165) is 11.1 Å². The average Bonchev–Trinajstić information content (AvgIpc) is 2.72. The topological polar surface area (TPSA) is 102 Å². The number of carbonyl (C=O) groups excluding carboxylic acids is 1. The van der Waals surface area contributed by atoms with Crippen LogP contribution in [0.2, 0.25) is 5.02 Å². The molecule has 0 bridgehead atoms. The molecule has 1 atom stereocenters. The molecule has 1 aliphatic carbocycles. The van der Waals surface area contributed by atoms with Gasteiger partial charge in [-0.05, 0) is 34.9 Å². The van der Waals surface area contributed by atoms with Gasteiger partial charge in [0.25, 0.3) is 5.91 Å². The highest BCUT2D eigenvalue weighted by molar-refractivity contribution is 6.32. The van der Waals surface area contributed by atoms with Gasteiger partial charge in [0.2, 0.25) is 0 Å². The molecule has 0 radical (unpaired) electrons. The van der Waals surface area contributed by atoms with E-state index in [-0.39, 0.29) is 18.4 Å². The molecule has 0 saturated carbocycles. The van der Waals surface area contributed by atoms with E-state index in [1.54, 1.807) is 24.3 Å². The van der Waals surface area contributed by atoms with Gasteiger partial charge in [-0.15, -0.1) is 12.4 Å². The highest BCUT2D eigenvalue weighted by Gasteiger charge is 2.29. The van der Waals surface area contributed by atoms with Gasteiger partial charge in [0.05, 0.1) is 0 Å². The van der Waals surface area contributed by atoms with Crippen LogP contribution in [0.1, 0.15) is 27.6 Å². The molecule has 0 aliphatic heterocycles. The van der Waals surface area contributed by atoms with Gasteiger partial charge >= 0.3 is 0 Å². The van der Waals surface area contributed by atoms with E-state index in [9.17, 15) is 9.90 Å². The Kier molecular flexibility index (Phi) is 4.42. The number of carbonyl (C=O) groups is 1. The molecule has 22 heavy (non-hydrogen) atoms. The minimum atomic E-state index is -0.865. The van der Waals surface area contributed by atoms with Crippen LogP contribution >= 0.6 is 24.0 Å². The fraction of sp³-hybridized carbons (Fsp3) is 0.0667. The molecule has 2 aromatic rings. The predicted octanol–water partition coefficient (Wildman–Crippen LogP) is 2.24. The number of nitrogens with two attached hydrogens (primary N) is 2. The third-order valence-electron chi connectivity index (χ3n) is 3.44. The van der Waals surface area contributed by atoms with Crippen LogP contribution in [-0.2, 0) is 0 Å². The number of amides is 1. The van der Waals surface area contributed by atoms with Crippen LogP contribution in [0.5, 0.6) is 0 Å². The highest BCUT2D eigenvalue weighted by Crippen LogP contribution is 2.46. The molecule has 114 valence electrons. The number of nitrogens with zero attached hydrogens (tertiary/aromatic N) is 1. The molecule has 0 saturated heterocycles. The number of fused-ring (bicyclic) bond motifs is 3. The summed E-state index contributed by atoms with van der Waals surface area (Å²) in [5.74, 6) is -0.848. The highest BCUT2D eigenvalue weighted by atomic mass is 35.5. The van der Waals surface area contributed by atoms with Gasteiger partial charge in [0, 0.05) is 16.1 Å². The summed E-state index contributed by atoms with van der Waals surface area (Å²) in [6.07, 6.45) is -0.865. The molecule has 0 aromatic heterocycles. The summed E-state index contributed by atoms with van der Waals surface area (Å²) >= 11 is 6.14. The van der Waals surface area contributed by atoms with Crippen molar-refractivity contribution in [3.05, 3.63) is 58.1 Å². The van der Waals surface area contributed by atoms with Gasteiger partial charge in [-0.2, -0.15) is 4.99 Å². The largest absolute Gasteiger partial charge is 0.384 e. The Labute approximate surface area is 138 Å². The molecule has 1 aliphatic rings. The van der Waals surface area contributed by atoms with Crippen LogP contribution in [0.25, 0.3) is 11.1 Å². The molecule has 0 fully saturated rings. The van der Waals surface area contributed by atoms with E-state index >= 15 is 0 Å². The van der Waals surface area contributed by atoms with Gasteiger partial charge in [0.1, 0.15) is 6.10 Å². The smallest absolute Gasteiger partial charge is 0.280 e. The SMILES string of the molecule is Cl.NC(N)=NC(=O)c1ccc2c(c1)C(O)c1c(Cl)cccc1-2. The fourth-order valence-corrected chi connectivity index (χ4v) is 2.83. The molecule has 5 N–H and O–H groups in total. The number of benzene rings is 2. The summed E-state index contributed by atoms with van der Waals surface area (Å²) in [5.41, 5.74) is 13.7. The van der Waals surface area contributed by atoms with Crippen molar-refractivity contribution in [3.63, 3.8) is 0 Å². The summed E-state index contributed by atoms with van der Waals surface area (Å²) in [6, 6.07) is 10.4. The third-order valence-corrected chi connectivity index (χ3v) is 3.77. The van der Waals surface area contributed by atoms with Crippen LogP contribution in [0.4, 0.5) is 0 Å². The van der Waals surface area contributed by atoms with Crippen molar-refractivity contribution >= 4 is 35.9 Å². The molecule has 0 heterocycles. The Hall–Kier alpha value is -2.08. The van der Waals surface area contributed by atoms with Crippen molar-refractivity contribution in [3.8, 4) is 11.1 Å². The van der Waals surface area contributed by atoms with Crippen LogP contribution in [-0.4, -0.2) is 17.0 Å². The zero-order valence-corrected chi connectivity index (χ0v) is 12.9. The van der Waals surface area contributed by atoms with Crippen molar-refractivity contribution in [2.75, 3.05) is 0 Å². The molecule has 7 heteroatoms. The normalized spacial score (nSPS) is 14.5. The van der Waals surface area contributed by atoms with E-state index in [4.69, 9.17) is 23.1 Å². The molecule has 0 spiro atoms. The molecule has 5 nitrogen and oxygen atoms in total. The molecular formula is C15H13Cl2N3O2. The van der Waals surface area contributed by atoms with Crippen molar-refractivity contribution in [2.24, 2.45) is 16.5 Å². The van der Waals surface area contributed by atoms with Gasteiger partial charge in [-0.1, -0.05) is 29.8 Å². The number of hydrogen-bond donors (Lipinski definition) is 3.